The molecule has 0 aromatic carbocycles. The highest BCUT2D eigenvalue weighted by Gasteiger charge is 2.26. The maximum absolute atomic E-state index is 12.4. The van der Waals surface area contributed by atoms with Gasteiger partial charge in [0.15, 0.2) is 0 Å². The van der Waals surface area contributed by atoms with Crippen LogP contribution in [-0.4, -0.2) is 59.3 Å². The van der Waals surface area contributed by atoms with Crippen LogP contribution < -0.4 is 10.6 Å². The monoisotopic (exact) mass is 528 g/mol. The fourth-order valence-electron chi connectivity index (χ4n) is 4.18. The maximum Gasteiger partial charge on any atom is 0.326 e. The molecule has 0 aliphatic rings. The summed E-state index contributed by atoms with van der Waals surface area (Å²) in [7, 11) is 0. The van der Waals surface area contributed by atoms with Gasteiger partial charge in [-0.25, -0.2) is 4.79 Å². The Morgan fingerprint density at radius 2 is 1.14 bits per heavy atom. The van der Waals surface area contributed by atoms with E-state index in [9.17, 15) is 24.3 Å². The van der Waals surface area contributed by atoms with Crippen molar-refractivity contribution in [2.45, 2.75) is 142 Å². The van der Waals surface area contributed by atoms with Crippen LogP contribution in [0.4, 0.5) is 0 Å². The lowest BCUT2D eigenvalue weighted by Crippen LogP contribution is -2.53. The summed E-state index contributed by atoms with van der Waals surface area (Å²) >= 11 is 0. The largest absolute Gasteiger partial charge is 0.481 e. The minimum Gasteiger partial charge on any atom is -0.481 e. The SMILES string of the molecule is CCCCCCCCCCCCCCCCCCOC[C@@H](NC(C)=O)C(=O)N[C@H](CCC(=O)O)C(=O)O. The van der Waals surface area contributed by atoms with Gasteiger partial charge in [-0.3, -0.25) is 14.4 Å². The predicted octanol–water partition coefficient (Wildman–Crippen LogP) is 5.20. The van der Waals surface area contributed by atoms with Gasteiger partial charge in [-0.2, -0.15) is 0 Å². The number of hydrogen-bond acceptors (Lipinski definition) is 5. The van der Waals surface area contributed by atoms with Crippen LogP contribution in [0.2, 0.25) is 0 Å². The van der Waals surface area contributed by atoms with Crippen LogP contribution in [0.1, 0.15) is 129 Å². The molecular formula is C28H52N2O7. The van der Waals surface area contributed by atoms with Crippen LogP contribution in [0.25, 0.3) is 0 Å². The van der Waals surface area contributed by atoms with E-state index in [1.165, 1.54) is 90.4 Å². The second-order valence-electron chi connectivity index (χ2n) is 9.96. The average Bonchev–Trinajstić information content (AvgIpc) is 2.84. The van der Waals surface area contributed by atoms with Gasteiger partial charge in [-0.1, -0.05) is 103 Å². The van der Waals surface area contributed by atoms with Crippen molar-refractivity contribution in [3.8, 4) is 0 Å². The number of hydrogen-bond donors (Lipinski definition) is 4. The van der Waals surface area contributed by atoms with Gasteiger partial charge in [0.2, 0.25) is 11.8 Å². The van der Waals surface area contributed by atoms with Crippen molar-refractivity contribution in [2.24, 2.45) is 0 Å². The van der Waals surface area contributed by atoms with Gasteiger partial charge in [0, 0.05) is 20.0 Å². The first kappa shape index (κ1) is 34.8. The van der Waals surface area contributed by atoms with Crippen molar-refractivity contribution >= 4 is 23.8 Å². The maximum atomic E-state index is 12.4. The molecule has 0 heterocycles. The van der Waals surface area contributed by atoms with Gasteiger partial charge in [0.05, 0.1) is 6.61 Å². The third-order valence-electron chi connectivity index (χ3n) is 6.38. The van der Waals surface area contributed by atoms with Gasteiger partial charge >= 0.3 is 11.9 Å². The van der Waals surface area contributed by atoms with Crippen molar-refractivity contribution in [1.29, 1.82) is 0 Å². The highest BCUT2D eigenvalue weighted by atomic mass is 16.5. The minimum absolute atomic E-state index is 0.0740. The molecule has 0 fully saturated rings. The fraction of sp³-hybridized carbons (Fsp3) is 0.857. The van der Waals surface area contributed by atoms with Gasteiger partial charge < -0.3 is 25.6 Å². The van der Waals surface area contributed by atoms with E-state index in [-0.39, 0.29) is 13.0 Å². The number of ether oxygens (including phenoxy) is 1. The first-order chi connectivity index (χ1) is 17.8. The highest BCUT2D eigenvalue weighted by molar-refractivity contribution is 5.90. The number of nitrogens with one attached hydrogen (secondary N) is 2. The minimum atomic E-state index is -1.35. The lowest BCUT2D eigenvalue weighted by molar-refractivity contribution is -0.143. The van der Waals surface area contributed by atoms with Crippen molar-refractivity contribution < 1.29 is 34.1 Å². The predicted molar refractivity (Wildman–Crippen MR) is 144 cm³/mol. The van der Waals surface area contributed by atoms with Gasteiger partial charge in [0.25, 0.3) is 0 Å². The van der Waals surface area contributed by atoms with Gasteiger partial charge in [-0.15, -0.1) is 0 Å². The van der Waals surface area contributed by atoms with Crippen LogP contribution in [-0.2, 0) is 23.9 Å². The molecule has 216 valence electrons. The summed E-state index contributed by atoms with van der Waals surface area (Å²) in [5.74, 6) is -3.63. The molecule has 0 saturated carbocycles. The molecule has 0 aliphatic carbocycles. The molecule has 4 N–H and O–H groups in total. The zero-order chi connectivity index (χ0) is 27.7. The van der Waals surface area contributed by atoms with E-state index in [2.05, 4.69) is 17.6 Å². The van der Waals surface area contributed by atoms with Gasteiger partial charge in [0.1, 0.15) is 12.1 Å². The van der Waals surface area contributed by atoms with E-state index in [1.807, 2.05) is 0 Å². The molecule has 0 rings (SSSR count). The van der Waals surface area contributed by atoms with Crippen LogP contribution in [0, 0.1) is 0 Å². The molecule has 0 aromatic heterocycles. The molecule has 0 radical (unpaired) electrons. The number of unbranched alkanes of at least 4 members (excludes halogenated alkanes) is 15. The smallest absolute Gasteiger partial charge is 0.326 e. The van der Waals surface area contributed by atoms with E-state index in [4.69, 9.17) is 9.84 Å². The molecule has 0 unspecified atom stereocenters. The van der Waals surface area contributed by atoms with Crippen LogP contribution >= 0.6 is 0 Å². The lowest BCUT2D eigenvalue weighted by atomic mass is 10.0. The van der Waals surface area contributed by atoms with Gasteiger partial charge in [-0.05, 0) is 12.8 Å². The zero-order valence-corrected chi connectivity index (χ0v) is 23.2. The van der Waals surface area contributed by atoms with Crippen molar-refractivity contribution in [1.82, 2.24) is 10.6 Å². The second-order valence-corrected chi connectivity index (χ2v) is 9.96. The summed E-state index contributed by atoms with van der Waals surface area (Å²) in [4.78, 5) is 45.9. The number of carboxylic acids is 2. The first-order valence-electron chi connectivity index (χ1n) is 14.4. The molecule has 0 saturated heterocycles. The number of amides is 2. The normalized spacial score (nSPS) is 12.6. The summed E-state index contributed by atoms with van der Waals surface area (Å²) in [6.07, 6.45) is 19.8. The van der Waals surface area contributed by atoms with E-state index in [0.717, 1.165) is 19.3 Å². The summed E-state index contributed by atoms with van der Waals surface area (Å²) in [6.45, 7) is 3.89. The molecule has 37 heavy (non-hydrogen) atoms. The molecule has 2 atom stereocenters. The van der Waals surface area contributed by atoms with Crippen molar-refractivity contribution in [2.75, 3.05) is 13.2 Å². The average molecular weight is 529 g/mol. The Labute approximate surface area is 223 Å². The third kappa shape index (κ3) is 22.7. The topological polar surface area (TPSA) is 142 Å². The molecular weight excluding hydrogens is 476 g/mol. The molecule has 0 spiro atoms. The highest BCUT2D eigenvalue weighted by Crippen LogP contribution is 2.13. The Kier molecular flexibility index (Phi) is 22.8. The Balaban J connectivity index is 3.86. The quantitative estimate of drug-likeness (QED) is 0.113. The second kappa shape index (κ2) is 24.2. The molecule has 0 aliphatic heterocycles. The third-order valence-corrected chi connectivity index (χ3v) is 6.38. The summed E-state index contributed by atoms with van der Waals surface area (Å²) in [5, 5.41) is 22.7. The molecule has 0 aromatic rings. The molecule has 9 heteroatoms. The standard InChI is InChI=1S/C28H52N2O7/c1-3-4-5-6-7-8-9-10-11-12-13-14-15-16-17-18-21-37-22-25(29-23(2)31)27(34)30-24(28(35)36)19-20-26(32)33/h24-25H,3-22H2,1-2H3,(H,29,31)(H,30,34)(H,32,33)(H,35,36)/t24-,25-/m1/s1. The van der Waals surface area contributed by atoms with E-state index < -0.39 is 42.3 Å². The summed E-state index contributed by atoms with van der Waals surface area (Å²) in [6, 6.07) is -2.38. The number of carbonyl (C=O) groups excluding carboxylic acids is 2. The Bertz CT molecular complexity index is 628. The van der Waals surface area contributed by atoms with Crippen molar-refractivity contribution in [3.05, 3.63) is 0 Å². The summed E-state index contributed by atoms with van der Waals surface area (Å²) < 4.78 is 5.56. The van der Waals surface area contributed by atoms with Crippen LogP contribution in [0.5, 0.6) is 0 Å². The number of aliphatic carboxylic acids is 2. The molecule has 0 bridgehead atoms. The van der Waals surface area contributed by atoms with E-state index in [1.54, 1.807) is 0 Å². The number of carbonyl (C=O) groups is 4. The van der Waals surface area contributed by atoms with Crippen LogP contribution in [0.3, 0.4) is 0 Å². The Hall–Kier alpha value is -2.16. The summed E-state index contributed by atoms with van der Waals surface area (Å²) in [5.41, 5.74) is 0. The molecule has 9 nitrogen and oxygen atoms in total. The Morgan fingerprint density at radius 1 is 0.676 bits per heavy atom. The number of rotatable bonds is 26. The Morgan fingerprint density at radius 3 is 1.54 bits per heavy atom. The van der Waals surface area contributed by atoms with Crippen LogP contribution in [0.15, 0.2) is 0 Å². The van der Waals surface area contributed by atoms with E-state index in [0.29, 0.717) is 6.61 Å². The fourth-order valence-corrected chi connectivity index (χ4v) is 4.18. The lowest BCUT2D eigenvalue weighted by Gasteiger charge is -2.20. The zero-order valence-electron chi connectivity index (χ0n) is 23.2. The van der Waals surface area contributed by atoms with E-state index >= 15 is 0 Å². The van der Waals surface area contributed by atoms with Crippen molar-refractivity contribution in [3.63, 3.8) is 0 Å². The number of carboxylic acid groups (broad SMARTS) is 2. The molecule has 2 amide bonds. The first-order valence-corrected chi connectivity index (χ1v) is 14.4.